The van der Waals surface area contributed by atoms with E-state index in [0.717, 1.165) is 42.4 Å². The van der Waals surface area contributed by atoms with Crippen molar-refractivity contribution in [1.82, 2.24) is 35.8 Å². The minimum atomic E-state index is -0.224. The number of ether oxygens (including phenoxy) is 2. The van der Waals surface area contributed by atoms with Crippen molar-refractivity contribution in [3.8, 4) is 5.75 Å². The van der Waals surface area contributed by atoms with Crippen molar-refractivity contribution >= 4 is 23.1 Å². The Hall–Kier alpha value is -4.03. The van der Waals surface area contributed by atoms with Crippen LogP contribution in [0.3, 0.4) is 0 Å². The molecule has 1 aliphatic carbocycles. The number of amidine groups is 1. The normalized spacial score (nSPS) is 23.4. The van der Waals surface area contributed by atoms with Gasteiger partial charge in [0.25, 0.3) is 5.91 Å². The molecule has 2 atom stereocenters. The first kappa shape index (κ1) is 28.1. The molecule has 0 spiro atoms. The third-order valence-corrected chi connectivity index (χ3v) is 8.06. The summed E-state index contributed by atoms with van der Waals surface area (Å²) in [5, 5.41) is 12.7. The van der Waals surface area contributed by atoms with Gasteiger partial charge in [-0.05, 0) is 37.5 Å². The van der Waals surface area contributed by atoms with Gasteiger partial charge in [-0.2, -0.15) is 0 Å². The number of imidazole rings is 1. The minimum Gasteiger partial charge on any atom is -0.489 e. The van der Waals surface area contributed by atoms with Gasteiger partial charge in [-0.3, -0.25) is 9.80 Å². The number of anilines is 1. The molecular formula is C30H43N9O3. The summed E-state index contributed by atoms with van der Waals surface area (Å²) in [5.41, 5.74) is 11.0. The monoisotopic (exact) mass is 577 g/mol. The lowest BCUT2D eigenvalue weighted by Crippen LogP contribution is -2.42. The van der Waals surface area contributed by atoms with E-state index in [4.69, 9.17) is 9.47 Å². The number of benzene rings is 1. The van der Waals surface area contributed by atoms with Crippen LogP contribution in [0.2, 0.25) is 0 Å². The Balaban J connectivity index is 0.000000709. The number of dihydropyridines is 1. The van der Waals surface area contributed by atoms with E-state index in [1.807, 2.05) is 63.3 Å². The molecule has 2 bridgehead atoms. The minimum absolute atomic E-state index is 0. The van der Waals surface area contributed by atoms with Crippen molar-refractivity contribution in [3.63, 3.8) is 0 Å². The van der Waals surface area contributed by atoms with E-state index in [1.165, 1.54) is 18.5 Å². The predicted octanol–water partition coefficient (Wildman–Crippen LogP) is 3.21. The predicted molar refractivity (Wildman–Crippen MR) is 163 cm³/mol. The summed E-state index contributed by atoms with van der Waals surface area (Å²) in [5.74, 6) is 1.67. The highest BCUT2D eigenvalue weighted by Crippen LogP contribution is 2.40. The van der Waals surface area contributed by atoms with Crippen LogP contribution < -0.4 is 26.4 Å². The molecule has 6 heterocycles. The maximum absolute atomic E-state index is 13.6. The molecule has 2 aromatic rings. The molecule has 0 unspecified atom stereocenters. The van der Waals surface area contributed by atoms with Gasteiger partial charge in [0.05, 0.1) is 66.5 Å². The van der Waals surface area contributed by atoms with Gasteiger partial charge >= 0.3 is 0 Å². The number of rotatable bonds is 5. The van der Waals surface area contributed by atoms with E-state index < -0.39 is 0 Å². The van der Waals surface area contributed by atoms with Gasteiger partial charge in [-0.25, -0.2) is 10.5 Å². The summed E-state index contributed by atoms with van der Waals surface area (Å²) in [7, 11) is 0. The Kier molecular flexibility index (Phi) is 8.07. The van der Waals surface area contributed by atoms with E-state index in [1.54, 1.807) is 0 Å². The Morgan fingerprint density at radius 1 is 1.19 bits per heavy atom. The van der Waals surface area contributed by atoms with Crippen molar-refractivity contribution < 1.29 is 15.7 Å². The number of morpholine rings is 1. The number of hydrazine groups is 2. The fourth-order valence-corrected chi connectivity index (χ4v) is 5.96. The lowest BCUT2D eigenvalue weighted by molar-refractivity contribution is -0.113. The molecule has 2 saturated heterocycles. The quantitative estimate of drug-likeness (QED) is 0.425. The second kappa shape index (κ2) is 12.1. The molecule has 1 aromatic heterocycles. The fourth-order valence-electron chi connectivity index (χ4n) is 5.96. The number of aromatic nitrogens is 2. The Morgan fingerprint density at radius 2 is 2.05 bits per heavy atom. The van der Waals surface area contributed by atoms with Crippen molar-refractivity contribution in [2.24, 2.45) is 5.10 Å². The second-order valence-corrected chi connectivity index (χ2v) is 10.5. The number of amides is 1. The van der Waals surface area contributed by atoms with Crippen molar-refractivity contribution in [2.75, 3.05) is 38.2 Å². The molecule has 42 heavy (non-hydrogen) atoms. The highest BCUT2D eigenvalue weighted by Gasteiger charge is 2.41. The van der Waals surface area contributed by atoms with Crippen LogP contribution in [0, 0.1) is 0 Å². The van der Waals surface area contributed by atoms with Gasteiger partial charge in [0.2, 0.25) is 0 Å². The van der Waals surface area contributed by atoms with Crippen LogP contribution >= 0.6 is 0 Å². The maximum atomic E-state index is 13.6. The van der Waals surface area contributed by atoms with Crippen LogP contribution in [0.25, 0.3) is 5.70 Å². The Bertz CT molecular complexity index is 1420. The largest absolute Gasteiger partial charge is 0.489 e. The molecule has 12 nitrogen and oxygen atoms in total. The van der Waals surface area contributed by atoms with Gasteiger partial charge in [0.15, 0.2) is 11.6 Å². The molecule has 12 heteroatoms. The zero-order chi connectivity index (χ0) is 29.2. The molecule has 1 saturated carbocycles. The summed E-state index contributed by atoms with van der Waals surface area (Å²) in [6.45, 7) is 11.3. The highest BCUT2D eigenvalue weighted by atomic mass is 16.5. The van der Waals surface area contributed by atoms with Gasteiger partial charge < -0.3 is 29.6 Å². The smallest absolute Gasteiger partial charge is 0.271 e. The fraction of sp³-hybridized carbons (Fsp3) is 0.500. The van der Waals surface area contributed by atoms with Crippen LogP contribution in [0.1, 0.15) is 65.6 Å². The number of allylic oxidation sites excluding steroid dienone is 2. The number of para-hydroxylation sites is 1. The van der Waals surface area contributed by atoms with E-state index >= 15 is 0 Å². The number of hydrogen-bond acceptors (Lipinski definition) is 10. The van der Waals surface area contributed by atoms with Crippen molar-refractivity contribution in [1.29, 1.82) is 0 Å². The second-order valence-electron chi connectivity index (χ2n) is 10.5. The van der Waals surface area contributed by atoms with Gasteiger partial charge in [-0.15, -0.1) is 10.6 Å². The Morgan fingerprint density at radius 3 is 2.81 bits per heavy atom. The van der Waals surface area contributed by atoms with E-state index in [-0.39, 0.29) is 13.4 Å². The lowest BCUT2D eigenvalue weighted by Gasteiger charge is -2.35. The molecule has 6 aliphatic rings. The molecule has 4 N–H and O–H groups in total. The van der Waals surface area contributed by atoms with Gasteiger partial charge in [0, 0.05) is 20.1 Å². The first-order valence-electron chi connectivity index (χ1n) is 15.3. The number of fused-ring (bicyclic) bond motifs is 5. The third kappa shape index (κ3) is 5.20. The molecule has 8 rings (SSSR count). The number of carbonyl (C=O) groups is 1. The molecule has 0 radical (unpaired) electrons. The number of nitrogens with one attached hydrogen (secondary N) is 4. The number of nitrogens with zero attached hydrogens (tertiary/aromatic N) is 5. The van der Waals surface area contributed by atoms with Crippen LogP contribution in [0.4, 0.5) is 5.69 Å². The standard InChI is InChI=1S/C26H29N9O3.2C2H6.H2/c36-26(29-19-3-1-2-18-24(19)37-7-6-35-25(18)30-31-32-35)20-9-22(33-12-21(28-14-33)15-4-5-15)23(10-27-20)34-11-17-8-16(34)13-38-17;2*1-2;/h1-3,9,12,14-17,27,31-32H,4-8,10-11,13H2,(H,29,36);2*1-2H3;1H/t16-,17-;;;/m1.../s1. The summed E-state index contributed by atoms with van der Waals surface area (Å²) in [6, 6.07) is 6.06. The number of carbonyl (C=O) groups excluding carboxylic acids is 1. The third-order valence-electron chi connectivity index (χ3n) is 8.06. The first-order valence-corrected chi connectivity index (χ1v) is 15.3. The summed E-state index contributed by atoms with van der Waals surface area (Å²) in [4.78, 5) is 20.7. The molecule has 226 valence electrons. The summed E-state index contributed by atoms with van der Waals surface area (Å²) < 4.78 is 14.0. The maximum Gasteiger partial charge on any atom is 0.271 e. The molecular weight excluding hydrogens is 534 g/mol. The molecule has 3 fully saturated rings. The van der Waals surface area contributed by atoms with Gasteiger partial charge in [0.1, 0.15) is 12.3 Å². The number of hydrazone groups is 1. The van der Waals surface area contributed by atoms with Crippen LogP contribution in [-0.4, -0.2) is 76.2 Å². The number of hydrogen-bond donors (Lipinski definition) is 4. The summed E-state index contributed by atoms with van der Waals surface area (Å²) in [6.07, 6.45) is 9.67. The Labute approximate surface area is 248 Å². The summed E-state index contributed by atoms with van der Waals surface area (Å²) >= 11 is 0. The SMILES string of the molecule is CC.CC.O=C(Nc1cccc2c1OCCN1NNN=C21)C1=CC(n2cnc(C3CC3)c2)=C(N2C[C@H]3C[C@@H]2CO3)CN1.[HH]. The van der Waals surface area contributed by atoms with Crippen molar-refractivity contribution in [2.45, 2.75) is 65.0 Å². The van der Waals surface area contributed by atoms with Crippen LogP contribution in [0.15, 0.2) is 53.3 Å². The highest BCUT2D eigenvalue weighted by molar-refractivity contribution is 6.08. The average Bonchev–Trinajstić information content (AvgIpc) is 3.39. The topological polar surface area (TPSA) is 120 Å². The van der Waals surface area contributed by atoms with E-state index in [0.29, 0.717) is 48.8 Å². The first-order chi connectivity index (χ1) is 20.7. The van der Waals surface area contributed by atoms with Crippen molar-refractivity contribution in [3.05, 3.63) is 59.5 Å². The molecule has 1 aromatic carbocycles. The van der Waals surface area contributed by atoms with E-state index in [9.17, 15) is 4.79 Å². The van der Waals surface area contributed by atoms with Gasteiger partial charge in [-0.1, -0.05) is 33.8 Å². The van der Waals surface area contributed by atoms with E-state index in [2.05, 4.69) is 47.5 Å². The molecule has 1 amide bonds. The zero-order valence-electron chi connectivity index (χ0n) is 24.8. The van der Waals surface area contributed by atoms with Crippen LogP contribution in [0.5, 0.6) is 5.75 Å². The number of likely N-dealkylation sites (tertiary alicyclic amines) is 1. The average molecular weight is 578 g/mol. The lowest BCUT2D eigenvalue weighted by atomic mass is 10.1. The molecule has 5 aliphatic heterocycles. The van der Waals surface area contributed by atoms with Crippen LogP contribution in [-0.2, 0) is 9.53 Å². The zero-order valence-corrected chi connectivity index (χ0v) is 24.8.